The standard InChI is InChI=1S/C21H36N4O2S/c1-5-22-20(24-16-21(14-17(2)3)12-8-9-13-21)23-15-18-10-6-7-11-19(18)25-28(4,26)27/h6-7,10-11,17,25H,5,8-9,12-16H2,1-4H3,(H2,22,23,24). The molecule has 1 aromatic rings. The molecular formula is C21H36N4O2S. The van der Waals surface area contributed by atoms with Gasteiger partial charge in [0.1, 0.15) is 0 Å². The van der Waals surface area contributed by atoms with Crippen molar-refractivity contribution in [3.05, 3.63) is 29.8 Å². The fourth-order valence-electron chi connectivity index (χ4n) is 4.18. The molecule has 1 aliphatic carbocycles. The van der Waals surface area contributed by atoms with Gasteiger partial charge in [0.2, 0.25) is 10.0 Å². The highest BCUT2D eigenvalue weighted by Crippen LogP contribution is 2.42. The predicted molar refractivity (Wildman–Crippen MR) is 118 cm³/mol. The molecule has 0 spiro atoms. The van der Waals surface area contributed by atoms with Gasteiger partial charge in [-0.2, -0.15) is 0 Å². The second kappa shape index (κ2) is 10.1. The summed E-state index contributed by atoms with van der Waals surface area (Å²) in [4.78, 5) is 4.71. The van der Waals surface area contributed by atoms with Crippen molar-refractivity contribution >= 4 is 21.7 Å². The van der Waals surface area contributed by atoms with Gasteiger partial charge in [0, 0.05) is 13.1 Å². The summed E-state index contributed by atoms with van der Waals surface area (Å²) in [6, 6.07) is 7.38. The minimum absolute atomic E-state index is 0.361. The lowest BCUT2D eigenvalue weighted by Crippen LogP contribution is -2.43. The van der Waals surface area contributed by atoms with Crippen LogP contribution < -0.4 is 15.4 Å². The molecule has 0 amide bonds. The van der Waals surface area contributed by atoms with Crippen LogP contribution in [0.5, 0.6) is 0 Å². The number of nitrogens with zero attached hydrogens (tertiary/aromatic N) is 1. The lowest BCUT2D eigenvalue weighted by molar-refractivity contribution is 0.235. The molecule has 0 bridgehead atoms. The lowest BCUT2D eigenvalue weighted by atomic mass is 9.78. The van der Waals surface area contributed by atoms with E-state index in [2.05, 4.69) is 36.1 Å². The van der Waals surface area contributed by atoms with E-state index in [0.29, 0.717) is 23.6 Å². The molecule has 1 aliphatic rings. The number of hydrogen-bond donors (Lipinski definition) is 3. The molecule has 0 unspecified atom stereocenters. The van der Waals surface area contributed by atoms with Crippen molar-refractivity contribution in [3.63, 3.8) is 0 Å². The molecule has 0 heterocycles. The van der Waals surface area contributed by atoms with Gasteiger partial charge in [-0.15, -0.1) is 0 Å². The number of para-hydroxylation sites is 1. The third kappa shape index (κ3) is 7.34. The van der Waals surface area contributed by atoms with Crippen LogP contribution in [0.3, 0.4) is 0 Å². The van der Waals surface area contributed by atoms with Gasteiger partial charge in [-0.05, 0) is 49.1 Å². The lowest BCUT2D eigenvalue weighted by Gasteiger charge is -2.32. The number of nitrogens with one attached hydrogen (secondary N) is 3. The van der Waals surface area contributed by atoms with E-state index in [0.717, 1.165) is 30.9 Å². The number of sulfonamides is 1. The monoisotopic (exact) mass is 408 g/mol. The van der Waals surface area contributed by atoms with Gasteiger partial charge in [0.05, 0.1) is 18.5 Å². The molecule has 0 radical (unpaired) electrons. The Bertz CT molecular complexity index is 753. The Kier molecular flexibility index (Phi) is 8.16. The van der Waals surface area contributed by atoms with E-state index in [1.54, 1.807) is 6.07 Å². The smallest absolute Gasteiger partial charge is 0.229 e. The average Bonchev–Trinajstić information content (AvgIpc) is 3.05. The van der Waals surface area contributed by atoms with Gasteiger partial charge in [-0.1, -0.05) is 44.9 Å². The highest BCUT2D eigenvalue weighted by Gasteiger charge is 2.34. The number of guanidine groups is 1. The second-order valence-corrected chi connectivity index (χ2v) is 10.1. The van der Waals surface area contributed by atoms with Crippen molar-refractivity contribution < 1.29 is 8.42 Å². The number of rotatable bonds is 9. The first-order valence-corrected chi connectivity index (χ1v) is 12.2. The maximum atomic E-state index is 11.6. The van der Waals surface area contributed by atoms with Crippen molar-refractivity contribution in [1.82, 2.24) is 10.6 Å². The van der Waals surface area contributed by atoms with Gasteiger partial charge in [-0.25, -0.2) is 13.4 Å². The summed E-state index contributed by atoms with van der Waals surface area (Å²) in [5.41, 5.74) is 1.79. The Morgan fingerprint density at radius 3 is 2.46 bits per heavy atom. The van der Waals surface area contributed by atoms with Gasteiger partial charge in [-0.3, -0.25) is 4.72 Å². The molecule has 0 saturated heterocycles. The van der Waals surface area contributed by atoms with Crippen LogP contribution in [-0.2, 0) is 16.6 Å². The molecule has 0 aromatic heterocycles. The Morgan fingerprint density at radius 1 is 1.18 bits per heavy atom. The van der Waals surface area contributed by atoms with Crippen LogP contribution in [0.25, 0.3) is 0 Å². The molecule has 3 N–H and O–H groups in total. The molecular weight excluding hydrogens is 372 g/mol. The number of anilines is 1. The summed E-state index contributed by atoms with van der Waals surface area (Å²) in [7, 11) is -3.32. The van der Waals surface area contributed by atoms with Gasteiger partial charge in [0.15, 0.2) is 5.96 Å². The molecule has 1 saturated carbocycles. The van der Waals surface area contributed by atoms with Crippen molar-refractivity contribution in [2.45, 2.75) is 59.4 Å². The molecule has 158 valence electrons. The largest absolute Gasteiger partial charge is 0.357 e. The summed E-state index contributed by atoms with van der Waals surface area (Å²) in [6.45, 7) is 8.77. The van der Waals surface area contributed by atoms with Crippen LogP contribution in [0.15, 0.2) is 29.3 Å². The minimum Gasteiger partial charge on any atom is -0.357 e. The average molecular weight is 409 g/mol. The Labute approximate surface area is 170 Å². The SMILES string of the molecule is CCNC(=NCc1ccccc1NS(C)(=O)=O)NCC1(CC(C)C)CCCC1. The molecule has 6 nitrogen and oxygen atoms in total. The summed E-state index contributed by atoms with van der Waals surface area (Å²) < 4.78 is 25.8. The predicted octanol–water partition coefficient (Wildman–Crippen LogP) is 3.72. The van der Waals surface area contributed by atoms with Crippen LogP contribution in [0.1, 0.15) is 58.4 Å². The first-order valence-electron chi connectivity index (χ1n) is 10.3. The van der Waals surface area contributed by atoms with E-state index >= 15 is 0 Å². The maximum absolute atomic E-state index is 11.6. The van der Waals surface area contributed by atoms with E-state index in [4.69, 9.17) is 4.99 Å². The highest BCUT2D eigenvalue weighted by molar-refractivity contribution is 7.92. The molecule has 28 heavy (non-hydrogen) atoms. The van der Waals surface area contributed by atoms with Crippen LogP contribution in [-0.4, -0.2) is 33.7 Å². The minimum atomic E-state index is -3.32. The fraction of sp³-hybridized carbons (Fsp3) is 0.667. The van der Waals surface area contributed by atoms with E-state index in [1.807, 2.05) is 18.2 Å². The normalized spacial score (nSPS) is 17.0. The summed E-state index contributed by atoms with van der Waals surface area (Å²) >= 11 is 0. The topological polar surface area (TPSA) is 82.6 Å². The number of hydrogen-bond acceptors (Lipinski definition) is 3. The third-order valence-corrected chi connectivity index (χ3v) is 5.79. The summed E-state index contributed by atoms with van der Waals surface area (Å²) in [5.74, 6) is 1.47. The summed E-state index contributed by atoms with van der Waals surface area (Å²) in [5, 5.41) is 6.86. The molecule has 1 fully saturated rings. The molecule has 2 rings (SSSR count). The maximum Gasteiger partial charge on any atom is 0.229 e. The Balaban J connectivity index is 2.08. The summed E-state index contributed by atoms with van der Waals surface area (Å²) in [6.07, 6.45) is 7.57. The van der Waals surface area contributed by atoms with Crippen LogP contribution >= 0.6 is 0 Å². The zero-order valence-corrected chi connectivity index (χ0v) is 18.5. The van der Waals surface area contributed by atoms with E-state index in [-0.39, 0.29) is 0 Å². The number of benzene rings is 1. The number of aliphatic imine (C=N–C) groups is 1. The zero-order valence-electron chi connectivity index (χ0n) is 17.7. The molecule has 0 aliphatic heterocycles. The Hall–Kier alpha value is -1.76. The zero-order chi connectivity index (χ0) is 20.6. The fourth-order valence-corrected chi connectivity index (χ4v) is 4.78. The van der Waals surface area contributed by atoms with E-state index in [1.165, 1.54) is 32.1 Å². The van der Waals surface area contributed by atoms with Gasteiger partial charge in [0.25, 0.3) is 0 Å². The van der Waals surface area contributed by atoms with E-state index in [9.17, 15) is 8.42 Å². The van der Waals surface area contributed by atoms with Crippen molar-refractivity contribution in [3.8, 4) is 0 Å². The van der Waals surface area contributed by atoms with Crippen molar-refractivity contribution in [2.24, 2.45) is 16.3 Å². The highest BCUT2D eigenvalue weighted by atomic mass is 32.2. The first kappa shape index (κ1) is 22.5. The third-order valence-electron chi connectivity index (χ3n) is 5.20. The van der Waals surface area contributed by atoms with Gasteiger partial charge >= 0.3 is 0 Å². The molecule has 7 heteroatoms. The van der Waals surface area contributed by atoms with Crippen LogP contribution in [0.2, 0.25) is 0 Å². The van der Waals surface area contributed by atoms with Crippen molar-refractivity contribution in [2.75, 3.05) is 24.1 Å². The first-order chi connectivity index (χ1) is 13.2. The quantitative estimate of drug-likeness (QED) is 0.430. The Morgan fingerprint density at radius 2 is 1.86 bits per heavy atom. The van der Waals surface area contributed by atoms with Gasteiger partial charge < -0.3 is 10.6 Å². The molecule has 0 atom stereocenters. The van der Waals surface area contributed by atoms with Crippen LogP contribution in [0.4, 0.5) is 5.69 Å². The van der Waals surface area contributed by atoms with Crippen LogP contribution in [0, 0.1) is 11.3 Å². The van der Waals surface area contributed by atoms with Crippen molar-refractivity contribution in [1.29, 1.82) is 0 Å². The molecule has 1 aromatic carbocycles. The second-order valence-electron chi connectivity index (χ2n) is 8.39. The van der Waals surface area contributed by atoms with E-state index < -0.39 is 10.0 Å².